The van der Waals surface area contributed by atoms with Crippen molar-refractivity contribution in [1.82, 2.24) is 14.5 Å². The van der Waals surface area contributed by atoms with Gasteiger partial charge in [-0.1, -0.05) is 41.0 Å². The summed E-state index contributed by atoms with van der Waals surface area (Å²) in [5.41, 5.74) is 5.58. The van der Waals surface area contributed by atoms with E-state index in [4.69, 9.17) is 28.9 Å². The zero-order valence-electron chi connectivity index (χ0n) is 15.6. The molecular formula is C17H17Cl2N5O5S. The van der Waals surface area contributed by atoms with Gasteiger partial charge in [0.25, 0.3) is 5.56 Å². The van der Waals surface area contributed by atoms with Crippen molar-refractivity contribution in [3.8, 4) is 0 Å². The summed E-state index contributed by atoms with van der Waals surface area (Å²) in [4.78, 5) is 43.1. The quantitative estimate of drug-likeness (QED) is 0.607. The summed E-state index contributed by atoms with van der Waals surface area (Å²) in [5, 5.41) is 19.2. The molecule has 1 aromatic heterocycles. The van der Waals surface area contributed by atoms with Crippen LogP contribution in [0.5, 0.6) is 0 Å². The number of carbonyl (C=O) groups is 2. The SMILES string of the molecule is Cn1c(N2CCN(C(=O)O)C(C(=O)O)C2)nc(N)c(Sc2cccc(Cl)c2Cl)c1=O. The topological polar surface area (TPSA) is 142 Å². The lowest BCUT2D eigenvalue weighted by molar-refractivity contribution is -0.142. The number of amides is 1. The molecule has 1 unspecified atom stereocenters. The van der Waals surface area contributed by atoms with E-state index in [2.05, 4.69) is 4.98 Å². The molecule has 160 valence electrons. The van der Waals surface area contributed by atoms with Gasteiger partial charge in [0.15, 0.2) is 0 Å². The van der Waals surface area contributed by atoms with Gasteiger partial charge in [-0.25, -0.2) is 9.59 Å². The Morgan fingerprint density at radius 2 is 1.97 bits per heavy atom. The third-order valence-electron chi connectivity index (χ3n) is 4.57. The number of anilines is 2. The second-order valence-electron chi connectivity index (χ2n) is 6.42. The van der Waals surface area contributed by atoms with Gasteiger partial charge in [-0.15, -0.1) is 0 Å². The number of rotatable bonds is 4. The fraction of sp³-hybridized carbons (Fsp3) is 0.294. The Kier molecular flexibility index (Phi) is 6.34. The molecule has 1 aliphatic heterocycles. The molecule has 10 nitrogen and oxygen atoms in total. The molecule has 1 aliphatic rings. The van der Waals surface area contributed by atoms with Crippen LogP contribution in [0.3, 0.4) is 0 Å². The maximum atomic E-state index is 12.9. The van der Waals surface area contributed by atoms with Crippen molar-refractivity contribution in [3.05, 3.63) is 38.6 Å². The van der Waals surface area contributed by atoms with Gasteiger partial charge in [-0.2, -0.15) is 4.98 Å². The van der Waals surface area contributed by atoms with Crippen LogP contribution in [-0.4, -0.2) is 62.4 Å². The van der Waals surface area contributed by atoms with Crippen LogP contribution in [0.15, 0.2) is 32.8 Å². The van der Waals surface area contributed by atoms with Crippen molar-refractivity contribution in [1.29, 1.82) is 0 Å². The van der Waals surface area contributed by atoms with Gasteiger partial charge in [-0.3, -0.25) is 14.3 Å². The van der Waals surface area contributed by atoms with E-state index >= 15 is 0 Å². The zero-order valence-corrected chi connectivity index (χ0v) is 17.9. The monoisotopic (exact) mass is 473 g/mol. The highest BCUT2D eigenvalue weighted by molar-refractivity contribution is 7.99. The van der Waals surface area contributed by atoms with Gasteiger partial charge < -0.3 is 20.8 Å². The van der Waals surface area contributed by atoms with Crippen LogP contribution in [0, 0.1) is 0 Å². The predicted octanol–water partition coefficient (Wildman–Crippen LogP) is 2.07. The molecule has 1 aromatic carbocycles. The van der Waals surface area contributed by atoms with Crippen molar-refractivity contribution in [2.45, 2.75) is 15.8 Å². The molecule has 2 heterocycles. The number of hydrogen-bond donors (Lipinski definition) is 3. The van der Waals surface area contributed by atoms with Gasteiger partial charge in [0.1, 0.15) is 16.8 Å². The number of piperazine rings is 1. The molecular weight excluding hydrogens is 457 g/mol. The highest BCUT2D eigenvalue weighted by atomic mass is 35.5. The van der Waals surface area contributed by atoms with Crippen LogP contribution in [0.1, 0.15) is 0 Å². The van der Waals surface area contributed by atoms with E-state index in [-0.39, 0.29) is 41.3 Å². The summed E-state index contributed by atoms with van der Waals surface area (Å²) in [5.74, 6) is -1.19. The van der Waals surface area contributed by atoms with Crippen LogP contribution in [0.25, 0.3) is 0 Å². The summed E-state index contributed by atoms with van der Waals surface area (Å²) in [6.45, 7) is -0.0763. The molecule has 0 bridgehead atoms. The number of aliphatic carboxylic acids is 1. The Morgan fingerprint density at radius 3 is 2.60 bits per heavy atom. The van der Waals surface area contributed by atoms with E-state index in [9.17, 15) is 24.6 Å². The molecule has 4 N–H and O–H groups in total. The number of nitrogens with zero attached hydrogens (tertiary/aromatic N) is 4. The molecule has 0 saturated carbocycles. The minimum Gasteiger partial charge on any atom is -0.480 e. The standard InChI is InChI=1S/C17H17Cl2N5O5S/c1-22-14(25)12(30-10-4-2-3-8(18)11(10)19)13(20)21-16(22)23-5-6-24(17(28)29)9(7-23)15(26)27/h2-4,9H,5-7,20H2,1H3,(H,26,27)(H,28,29). The number of halogens is 2. The largest absolute Gasteiger partial charge is 0.480 e. The molecule has 1 amide bonds. The van der Waals surface area contributed by atoms with Gasteiger partial charge in [0.2, 0.25) is 5.95 Å². The van der Waals surface area contributed by atoms with Crippen molar-refractivity contribution < 1.29 is 19.8 Å². The van der Waals surface area contributed by atoms with E-state index in [1.165, 1.54) is 16.5 Å². The molecule has 1 fully saturated rings. The fourth-order valence-corrected chi connectivity index (χ4v) is 4.46. The lowest BCUT2D eigenvalue weighted by atomic mass is 10.2. The number of aromatic nitrogens is 2. The number of nitrogens with two attached hydrogens (primary N) is 1. The molecule has 3 rings (SSSR count). The minimum atomic E-state index is -1.33. The highest BCUT2D eigenvalue weighted by Gasteiger charge is 2.36. The van der Waals surface area contributed by atoms with Crippen LogP contribution < -0.4 is 16.2 Å². The Bertz CT molecular complexity index is 1080. The highest BCUT2D eigenvalue weighted by Crippen LogP contribution is 2.37. The van der Waals surface area contributed by atoms with Crippen LogP contribution in [0.2, 0.25) is 10.0 Å². The number of nitrogen functional groups attached to an aromatic ring is 1. The van der Waals surface area contributed by atoms with Crippen molar-refractivity contribution in [2.75, 3.05) is 30.3 Å². The molecule has 30 heavy (non-hydrogen) atoms. The first-order chi connectivity index (χ1) is 14.1. The van der Waals surface area contributed by atoms with Crippen LogP contribution in [0.4, 0.5) is 16.6 Å². The van der Waals surface area contributed by atoms with Gasteiger partial charge in [-0.05, 0) is 12.1 Å². The van der Waals surface area contributed by atoms with Crippen molar-refractivity contribution >= 4 is 58.8 Å². The summed E-state index contributed by atoms with van der Waals surface area (Å²) in [6, 6.07) is 3.70. The third kappa shape index (κ3) is 4.13. The third-order valence-corrected chi connectivity index (χ3v) is 6.65. The zero-order chi connectivity index (χ0) is 22.2. The number of hydrogen-bond acceptors (Lipinski definition) is 7. The average molecular weight is 474 g/mol. The van der Waals surface area contributed by atoms with Gasteiger partial charge >= 0.3 is 12.1 Å². The molecule has 0 radical (unpaired) electrons. The summed E-state index contributed by atoms with van der Waals surface area (Å²) in [7, 11) is 1.48. The molecule has 2 aromatic rings. The Balaban J connectivity index is 1.95. The Labute approximate surface area is 184 Å². The predicted molar refractivity (Wildman–Crippen MR) is 113 cm³/mol. The fourth-order valence-electron chi connectivity index (χ4n) is 3.04. The van der Waals surface area contributed by atoms with E-state index in [0.29, 0.717) is 9.92 Å². The number of benzene rings is 1. The smallest absolute Gasteiger partial charge is 0.408 e. The number of carboxylic acid groups (broad SMARTS) is 2. The van der Waals surface area contributed by atoms with E-state index in [0.717, 1.165) is 16.7 Å². The van der Waals surface area contributed by atoms with Crippen LogP contribution >= 0.6 is 35.0 Å². The van der Waals surface area contributed by atoms with Gasteiger partial charge in [0, 0.05) is 25.0 Å². The lowest BCUT2D eigenvalue weighted by Crippen LogP contribution is -2.58. The Hall–Kier alpha value is -2.63. The second-order valence-corrected chi connectivity index (χ2v) is 8.26. The first-order valence-electron chi connectivity index (χ1n) is 8.57. The van der Waals surface area contributed by atoms with Crippen LogP contribution in [-0.2, 0) is 11.8 Å². The number of carboxylic acids is 1. The summed E-state index contributed by atoms with van der Waals surface area (Å²) < 4.78 is 1.24. The van der Waals surface area contributed by atoms with Gasteiger partial charge in [0.05, 0.1) is 16.6 Å². The summed E-state index contributed by atoms with van der Waals surface area (Å²) in [6.07, 6.45) is -1.33. The van der Waals surface area contributed by atoms with Crippen molar-refractivity contribution in [2.24, 2.45) is 7.05 Å². The van der Waals surface area contributed by atoms with E-state index < -0.39 is 23.7 Å². The van der Waals surface area contributed by atoms with E-state index in [1.807, 2.05) is 0 Å². The second kappa shape index (κ2) is 8.62. The lowest BCUT2D eigenvalue weighted by Gasteiger charge is -2.38. The molecule has 1 saturated heterocycles. The molecule has 0 spiro atoms. The Morgan fingerprint density at radius 1 is 1.27 bits per heavy atom. The maximum absolute atomic E-state index is 12.9. The average Bonchev–Trinajstić information content (AvgIpc) is 2.70. The van der Waals surface area contributed by atoms with E-state index in [1.54, 1.807) is 18.2 Å². The first kappa shape index (κ1) is 22.1. The molecule has 1 atom stereocenters. The normalized spacial score (nSPS) is 16.6. The summed E-state index contributed by atoms with van der Waals surface area (Å²) >= 11 is 13.2. The minimum absolute atomic E-state index is 0.0540. The maximum Gasteiger partial charge on any atom is 0.408 e. The van der Waals surface area contributed by atoms with Crippen molar-refractivity contribution in [3.63, 3.8) is 0 Å². The molecule has 13 heteroatoms. The first-order valence-corrected chi connectivity index (χ1v) is 10.1. The molecule has 0 aliphatic carbocycles.